The van der Waals surface area contributed by atoms with E-state index in [1.807, 2.05) is 12.1 Å². The molecular formula is C14H19N3O2. The van der Waals surface area contributed by atoms with Gasteiger partial charge in [-0.1, -0.05) is 29.4 Å². The number of carbonyl (C=O) groups is 1. The summed E-state index contributed by atoms with van der Waals surface area (Å²) in [5, 5.41) is 14.6. The molecule has 0 atom stereocenters. The molecule has 0 aromatic heterocycles. The molecule has 19 heavy (non-hydrogen) atoms. The third-order valence-electron chi connectivity index (χ3n) is 3.70. The summed E-state index contributed by atoms with van der Waals surface area (Å²) in [6.07, 6.45) is 1.66. The number of rotatable bonds is 3. The zero-order chi connectivity index (χ0) is 14.0. The maximum atomic E-state index is 12.2. The molecule has 4 N–H and O–H groups in total. The first-order chi connectivity index (χ1) is 8.95. The molecule has 0 saturated heterocycles. The summed E-state index contributed by atoms with van der Waals surface area (Å²) in [5.41, 5.74) is 7.08. The van der Waals surface area contributed by atoms with Gasteiger partial charge in [-0.2, -0.15) is 0 Å². The van der Waals surface area contributed by atoms with Crippen LogP contribution in [0.5, 0.6) is 0 Å². The molecule has 0 fully saturated rings. The van der Waals surface area contributed by atoms with Gasteiger partial charge in [-0.15, -0.1) is 0 Å². The van der Waals surface area contributed by atoms with E-state index >= 15 is 0 Å². The highest BCUT2D eigenvalue weighted by atomic mass is 16.4. The van der Waals surface area contributed by atoms with Crippen LogP contribution in [-0.4, -0.2) is 23.0 Å². The Bertz CT molecular complexity index is 498. The van der Waals surface area contributed by atoms with E-state index in [0.29, 0.717) is 0 Å². The van der Waals surface area contributed by atoms with Crippen molar-refractivity contribution in [3.63, 3.8) is 0 Å². The minimum absolute atomic E-state index is 0.0793. The summed E-state index contributed by atoms with van der Waals surface area (Å²) in [7, 11) is 0. The van der Waals surface area contributed by atoms with Crippen LogP contribution in [0.3, 0.4) is 0 Å². The summed E-state index contributed by atoms with van der Waals surface area (Å²) in [4.78, 5) is 12.2. The lowest BCUT2D eigenvalue weighted by molar-refractivity contribution is -0.127. The Hall–Kier alpha value is -2.04. The van der Waals surface area contributed by atoms with Crippen molar-refractivity contribution in [1.82, 2.24) is 5.32 Å². The maximum Gasteiger partial charge on any atom is 0.233 e. The summed E-state index contributed by atoms with van der Waals surface area (Å²) in [6, 6.07) is 8.25. The quantitative estimate of drug-likeness (QED) is 0.329. The predicted octanol–water partition coefficient (Wildman–Crippen LogP) is 1.04. The number of amidine groups is 1. The molecule has 0 saturated carbocycles. The van der Waals surface area contributed by atoms with Crippen molar-refractivity contribution in [2.75, 3.05) is 0 Å². The van der Waals surface area contributed by atoms with Gasteiger partial charge in [0.05, 0.1) is 0 Å². The molecule has 0 unspecified atom stereocenters. The highest BCUT2D eigenvalue weighted by Gasteiger charge is 2.35. The fourth-order valence-electron chi connectivity index (χ4n) is 2.27. The van der Waals surface area contributed by atoms with Gasteiger partial charge in [0.1, 0.15) is 5.41 Å². The molecule has 102 valence electrons. The third-order valence-corrected chi connectivity index (χ3v) is 3.70. The highest BCUT2D eigenvalue weighted by molar-refractivity contribution is 6.06. The van der Waals surface area contributed by atoms with E-state index in [9.17, 15) is 4.79 Å². The molecule has 5 nitrogen and oxygen atoms in total. The Morgan fingerprint density at radius 2 is 1.89 bits per heavy atom. The first-order valence-electron chi connectivity index (χ1n) is 6.31. The van der Waals surface area contributed by atoms with Gasteiger partial charge >= 0.3 is 0 Å². The SMILES string of the molecule is CC(C)(C(=O)NC1Cc2ccccc2C1)/C(N)=N/O. The van der Waals surface area contributed by atoms with Gasteiger partial charge in [-0.3, -0.25) is 4.79 Å². The van der Waals surface area contributed by atoms with Gasteiger partial charge in [0, 0.05) is 6.04 Å². The molecule has 2 rings (SSSR count). The monoisotopic (exact) mass is 261 g/mol. The standard InChI is InChI=1S/C14H19N3O2/c1-14(2,12(15)17-19)13(18)16-11-7-9-5-3-4-6-10(9)8-11/h3-6,11,19H,7-8H2,1-2H3,(H2,15,17)(H,16,18). The van der Waals surface area contributed by atoms with Crippen molar-refractivity contribution < 1.29 is 10.0 Å². The number of hydrogen-bond acceptors (Lipinski definition) is 3. The zero-order valence-corrected chi connectivity index (χ0v) is 11.2. The van der Waals surface area contributed by atoms with E-state index in [-0.39, 0.29) is 17.8 Å². The van der Waals surface area contributed by atoms with E-state index in [0.717, 1.165) is 12.8 Å². The molecule has 1 aromatic carbocycles. The smallest absolute Gasteiger partial charge is 0.233 e. The fourth-order valence-corrected chi connectivity index (χ4v) is 2.27. The van der Waals surface area contributed by atoms with Crippen molar-refractivity contribution in [3.8, 4) is 0 Å². The van der Waals surface area contributed by atoms with Crippen LogP contribution < -0.4 is 11.1 Å². The normalized spacial score (nSPS) is 16.2. The van der Waals surface area contributed by atoms with Gasteiger partial charge in [-0.25, -0.2) is 0 Å². The molecule has 0 heterocycles. The topological polar surface area (TPSA) is 87.7 Å². The second kappa shape index (κ2) is 4.91. The van der Waals surface area contributed by atoms with E-state index in [1.165, 1.54) is 11.1 Å². The predicted molar refractivity (Wildman–Crippen MR) is 73.0 cm³/mol. The van der Waals surface area contributed by atoms with E-state index in [2.05, 4.69) is 22.6 Å². The minimum Gasteiger partial charge on any atom is -0.409 e. The molecule has 1 aromatic rings. The second-order valence-electron chi connectivity index (χ2n) is 5.46. The number of benzene rings is 1. The van der Waals surface area contributed by atoms with Crippen molar-refractivity contribution in [2.45, 2.75) is 32.7 Å². The van der Waals surface area contributed by atoms with E-state index in [1.54, 1.807) is 13.8 Å². The van der Waals surface area contributed by atoms with Gasteiger partial charge in [0.15, 0.2) is 5.84 Å². The molecule has 0 spiro atoms. The van der Waals surface area contributed by atoms with Crippen molar-refractivity contribution in [1.29, 1.82) is 0 Å². The Morgan fingerprint density at radius 3 is 2.37 bits per heavy atom. The molecule has 1 aliphatic carbocycles. The lowest BCUT2D eigenvalue weighted by atomic mass is 9.90. The van der Waals surface area contributed by atoms with Crippen LogP contribution in [0.4, 0.5) is 0 Å². The van der Waals surface area contributed by atoms with Crippen molar-refractivity contribution >= 4 is 11.7 Å². The van der Waals surface area contributed by atoms with Gasteiger partial charge in [-0.05, 0) is 37.8 Å². The first-order valence-corrected chi connectivity index (χ1v) is 6.31. The van der Waals surface area contributed by atoms with Crippen LogP contribution >= 0.6 is 0 Å². The van der Waals surface area contributed by atoms with Crippen LogP contribution in [0.2, 0.25) is 0 Å². The van der Waals surface area contributed by atoms with Gasteiger partial charge in [0.25, 0.3) is 0 Å². The molecule has 1 aliphatic rings. The summed E-state index contributed by atoms with van der Waals surface area (Å²) >= 11 is 0. The number of nitrogens with one attached hydrogen (secondary N) is 1. The van der Waals surface area contributed by atoms with Gasteiger partial charge in [0.2, 0.25) is 5.91 Å². The van der Waals surface area contributed by atoms with Crippen LogP contribution in [0.1, 0.15) is 25.0 Å². The van der Waals surface area contributed by atoms with Crippen molar-refractivity contribution in [2.24, 2.45) is 16.3 Å². The maximum absolute atomic E-state index is 12.2. The number of nitrogens with zero attached hydrogens (tertiary/aromatic N) is 1. The van der Waals surface area contributed by atoms with Crippen LogP contribution in [-0.2, 0) is 17.6 Å². The lowest BCUT2D eigenvalue weighted by Gasteiger charge is -2.24. The average Bonchev–Trinajstić information content (AvgIpc) is 2.79. The third kappa shape index (κ3) is 2.54. The second-order valence-corrected chi connectivity index (χ2v) is 5.46. The first kappa shape index (κ1) is 13.4. The highest BCUT2D eigenvalue weighted by Crippen LogP contribution is 2.23. The van der Waals surface area contributed by atoms with Crippen molar-refractivity contribution in [3.05, 3.63) is 35.4 Å². The number of hydrogen-bond donors (Lipinski definition) is 3. The number of nitrogens with two attached hydrogens (primary N) is 1. The summed E-state index contributed by atoms with van der Waals surface area (Å²) in [5.74, 6) is -0.305. The Labute approximate surface area is 112 Å². The van der Waals surface area contributed by atoms with Gasteiger partial charge < -0.3 is 16.3 Å². The summed E-state index contributed by atoms with van der Waals surface area (Å²) < 4.78 is 0. The van der Waals surface area contributed by atoms with Crippen LogP contribution in [0.15, 0.2) is 29.4 Å². The summed E-state index contributed by atoms with van der Waals surface area (Å²) in [6.45, 7) is 3.28. The molecule has 0 bridgehead atoms. The average molecular weight is 261 g/mol. The molecule has 5 heteroatoms. The largest absolute Gasteiger partial charge is 0.409 e. The minimum atomic E-state index is -1.01. The Balaban J connectivity index is 2.03. The molecule has 0 aliphatic heterocycles. The molecule has 1 amide bonds. The number of carbonyl (C=O) groups excluding carboxylic acids is 1. The fraction of sp³-hybridized carbons (Fsp3) is 0.429. The van der Waals surface area contributed by atoms with Crippen LogP contribution in [0, 0.1) is 5.41 Å². The zero-order valence-electron chi connectivity index (χ0n) is 11.2. The molecule has 0 radical (unpaired) electrons. The Morgan fingerprint density at radius 1 is 1.37 bits per heavy atom. The number of fused-ring (bicyclic) bond motifs is 1. The number of amides is 1. The van der Waals surface area contributed by atoms with E-state index < -0.39 is 5.41 Å². The van der Waals surface area contributed by atoms with Crippen LogP contribution in [0.25, 0.3) is 0 Å². The Kier molecular flexibility index (Phi) is 3.46. The lowest BCUT2D eigenvalue weighted by Crippen LogP contribution is -2.49. The molecular weight excluding hydrogens is 242 g/mol. The number of oxime groups is 1. The van der Waals surface area contributed by atoms with E-state index in [4.69, 9.17) is 10.9 Å².